The fraction of sp³-hybridized carbons (Fsp3) is 0.800. The van der Waals surface area contributed by atoms with Crippen LogP contribution in [0, 0.1) is 5.41 Å². The number of aliphatic hydroxyl groups is 3. The topological polar surface area (TPSA) is 153 Å². The number of carbonyl (C=O) groups is 2. The summed E-state index contributed by atoms with van der Waals surface area (Å²) in [5, 5.41) is 34.5. The smallest absolute Gasteiger partial charge is 0.330 e. The van der Waals surface area contributed by atoms with Crippen molar-refractivity contribution < 1.29 is 53.3 Å². The first-order valence-electron chi connectivity index (χ1n) is 19.5. The molecule has 0 spiro atoms. The molecule has 4 aliphatic heterocycles. The van der Waals surface area contributed by atoms with Gasteiger partial charge in [-0.05, 0) is 69.4 Å². The summed E-state index contributed by atoms with van der Waals surface area (Å²) < 4.78 is 36.4. The van der Waals surface area contributed by atoms with E-state index in [1.807, 2.05) is 11.9 Å². The van der Waals surface area contributed by atoms with Gasteiger partial charge in [0.1, 0.15) is 0 Å². The van der Waals surface area contributed by atoms with Crippen molar-refractivity contribution in [3.63, 3.8) is 0 Å². The van der Waals surface area contributed by atoms with Gasteiger partial charge in [-0.25, -0.2) is 4.79 Å². The summed E-state index contributed by atoms with van der Waals surface area (Å²) in [4.78, 5) is 27.9. The van der Waals surface area contributed by atoms with E-state index in [1.165, 1.54) is 13.2 Å². The zero-order valence-corrected chi connectivity index (χ0v) is 32.1. The molecule has 0 radical (unpaired) electrons. The largest absolute Gasteiger partial charge is 0.466 e. The zero-order chi connectivity index (χ0) is 37.9. The lowest BCUT2D eigenvalue weighted by Crippen LogP contribution is -2.62. The second kappa shape index (κ2) is 19.8. The highest BCUT2D eigenvalue weighted by Crippen LogP contribution is 2.47. The molecular formula is C40H65NO11. The van der Waals surface area contributed by atoms with Gasteiger partial charge in [-0.1, -0.05) is 59.1 Å². The first-order chi connectivity index (χ1) is 24.8. The van der Waals surface area contributed by atoms with Gasteiger partial charge in [0.15, 0.2) is 12.4 Å². The molecule has 3 saturated heterocycles. The normalized spacial score (nSPS) is 36.1. The molecule has 0 aromatic carbocycles. The first kappa shape index (κ1) is 42.4. The molecule has 3 N–H and O–H groups in total. The van der Waals surface area contributed by atoms with E-state index >= 15 is 0 Å². The molecule has 52 heavy (non-hydrogen) atoms. The summed E-state index contributed by atoms with van der Waals surface area (Å²) in [5.74, 6) is -3.32. The van der Waals surface area contributed by atoms with Crippen LogP contribution in [0.1, 0.15) is 117 Å². The number of unbranched alkanes of at least 4 members (excludes halogenated alkanes) is 4. The number of nitrogens with zero attached hydrogens (tertiary/aromatic N) is 1. The van der Waals surface area contributed by atoms with E-state index < -0.39 is 53.8 Å². The third-order valence-corrected chi connectivity index (χ3v) is 11.1. The first-order valence-corrected chi connectivity index (χ1v) is 19.5. The summed E-state index contributed by atoms with van der Waals surface area (Å²) in [5.41, 5.74) is -0.235. The van der Waals surface area contributed by atoms with E-state index in [9.17, 15) is 24.9 Å². The second-order valence-corrected chi connectivity index (χ2v) is 15.7. The molecule has 0 aliphatic carbocycles. The summed E-state index contributed by atoms with van der Waals surface area (Å²) in [6, 6.07) is -0.504. The maximum atomic E-state index is 13.4. The van der Waals surface area contributed by atoms with E-state index in [1.54, 1.807) is 26.0 Å². The highest BCUT2D eigenvalue weighted by molar-refractivity contribution is 5.83. The number of hydrogen-bond acceptors (Lipinski definition) is 12. The summed E-state index contributed by atoms with van der Waals surface area (Å²) >= 11 is 0. The van der Waals surface area contributed by atoms with Crippen molar-refractivity contribution in [3.05, 3.63) is 36.1 Å². The Morgan fingerprint density at radius 3 is 2.44 bits per heavy atom. The van der Waals surface area contributed by atoms with E-state index in [0.29, 0.717) is 50.0 Å². The summed E-state index contributed by atoms with van der Waals surface area (Å²) in [6.45, 7) is 10.1. The van der Waals surface area contributed by atoms with Crippen LogP contribution in [-0.2, 0) is 38.0 Å². The molecule has 3 fully saturated rings. The van der Waals surface area contributed by atoms with Crippen molar-refractivity contribution in [2.24, 2.45) is 5.41 Å². The van der Waals surface area contributed by atoms with Gasteiger partial charge in [0.25, 0.3) is 0 Å². The molecule has 0 aromatic rings. The molecule has 4 heterocycles. The number of likely N-dealkylation sites (N-methyl/N-ethyl adjacent to an activating group) is 1. The Morgan fingerprint density at radius 2 is 1.73 bits per heavy atom. The molecule has 4 aliphatic rings. The van der Waals surface area contributed by atoms with Crippen LogP contribution in [0.5, 0.6) is 0 Å². The maximum Gasteiger partial charge on any atom is 0.330 e. The SMILES string of the molecule is C=C1C[C@H](O)C[C@@H]2CCC[C@H](C[C@@H]3CCO[C@H](/C=C/C(C)(C)[C@]4(O)OC(C/C(=C\C(=O)OC)[C@@H]4OC(=O)CCCCCCC)CC(CO)N1C)O3)O2. The number of aliphatic hydroxyl groups excluding tert-OH is 2. The number of ether oxygens (including phenoxy) is 6. The minimum Gasteiger partial charge on any atom is -0.466 e. The maximum absolute atomic E-state index is 13.4. The predicted molar refractivity (Wildman–Crippen MR) is 195 cm³/mol. The van der Waals surface area contributed by atoms with Crippen molar-refractivity contribution in [2.75, 3.05) is 27.4 Å². The zero-order valence-electron chi connectivity index (χ0n) is 32.1. The molecule has 6 bridgehead atoms. The van der Waals surface area contributed by atoms with Gasteiger partial charge in [0, 0.05) is 37.1 Å². The van der Waals surface area contributed by atoms with Crippen molar-refractivity contribution in [1.29, 1.82) is 0 Å². The van der Waals surface area contributed by atoms with Crippen LogP contribution in [-0.4, -0.2) is 114 Å². The standard InChI is InChI=1S/C40H65NO11/c1-7-8-9-10-11-15-35(44)51-38-28(22-36(45)47-6)21-34-23-29(26-42)41(5)27(2)20-30(43)24-31-13-12-14-32(49-31)25-33-17-19-48-37(50-33)16-18-39(3,4)40(38,46)52-34/h16,18,22,29-34,37-38,42-43,46H,2,7-15,17,19-21,23-26H2,1,3-6H3/b18-16+,28-22+/t29?,30-,31-,32+,33-,34?,37-,38-,40+/m0/s1. The number of fused-ring (bicyclic) bond motifs is 6. The van der Waals surface area contributed by atoms with Crippen LogP contribution in [0.4, 0.5) is 0 Å². The van der Waals surface area contributed by atoms with Gasteiger partial charge in [-0.2, -0.15) is 0 Å². The highest BCUT2D eigenvalue weighted by Gasteiger charge is 2.57. The number of carbonyl (C=O) groups excluding carboxylic acids is 2. The van der Waals surface area contributed by atoms with Gasteiger partial charge in [0.05, 0.1) is 56.9 Å². The molecule has 296 valence electrons. The van der Waals surface area contributed by atoms with Crippen LogP contribution in [0.2, 0.25) is 0 Å². The van der Waals surface area contributed by atoms with Crippen LogP contribution in [0.15, 0.2) is 36.1 Å². The van der Waals surface area contributed by atoms with Crippen molar-refractivity contribution in [2.45, 2.75) is 172 Å². The van der Waals surface area contributed by atoms with Crippen molar-refractivity contribution in [3.8, 4) is 0 Å². The third-order valence-electron chi connectivity index (χ3n) is 11.1. The van der Waals surface area contributed by atoms with Crippen LogP contribution in [0.25, 0.3) is 0 Å². The molecule has 0 aromatic heterocycles. The average Bonchev–Trinajstić information content (AvgIpc) is 3.10. The number of hydrogen-bond donors (Lipinski definition) is 3. The minimum absolute atomic E-state index is 0.000696. The van der Waals surface area contributed by atoms with Gasteiger partial charge < -0.3 is 48.6 Å². The van der Waals surface area contributed by atoms with Gasteiger partial charge in [-0.3, -0.25) is 4.79 Å². The molecule has 0 saturated carbocycles. The van der Waals surface area contributed by atoms with E-state index in [0.717, 1.165) is 44.9 Å². The Balaban J connectivity index is 1.70. The average molecular weight is 736 g/mol. The summed E-state index contributed by atoms with van der Waals surface area (Å²) in [6.07, 6.45) is 11.3. The second-order valence-electron chi connectivity index (χ2n) is 15.7. The monoisotopic (exact) mass is 735 g/mol. The Kier molecular flexibility index (Phi) is 16.2. The molecule has 9 atom stereocenters. The van der Waals surface area contributed by atoms with Crippen molar-refractivity contribution in [1.82, 2.24) is 4.90 Å². The third kappa shape index (κ3) is 11.6. The Hall–Kier alpha value is -2.32. The number of esters is 2. The minimum atomic E-state index is -2.16. The lowest BCUT2D eigenvalue weighted by molar-refractivity contribution is -0.326. The van der Waals surface area contributed by atoms with Crippen LogP contribution >= 0.6 is 0 Å². The number of methoxy groups -OCH3 is 1. The highest BCUT2D eigenvalue weighted by atomic mass is 16.7. The molecule has 4 rings (SSSR count). The quantitative estimate of drug-likeness (QED) is 0.123. The fourth-order valence-electron chi connectivity index (χ4n) is 7.83. The van der Waals surface area contributed by atoms with Crippen molar-refractivity contribution >= 4 is 11.9 Å². The van der Waals surface area contributed by atoms with E-state index in [-0.39, 0.29) is 44.2 Å². The Morgan fingerprint density at radius 1 is 1.02 bits per heavy atom. The van der Waals surface area contributed by atoms with Gasteiger partial charge >= 0.3 is 11.9 Å². The molecular weight excluding hydrogens is 670 g/mol. The predicted octanol–water partition coefficient (Wildman–Crippen LogP) is 5.23. The lowest BCUT2D eigenvalue weighted by atomic mass is 9.74. The van der Waals surface area contributed by atoms with Gasteiger partial charge in [-0.15, -0.1) is 0 Å². The lowest BCUT2D eigenvalue weighted by Gasteiger charge is -2.51. The fourth-order valence-corrected chi connectivity index (χ4v) is 7.83. The Bertz CT molecular complexity index is 1240. The molecule has 12 heteroatoms. The van der Waals surface area contributed by atoms with Crippen LogP contribution in [0.3, 0.4) is 0 Å². The van der Waals surface area contributed by atoms with E-state index in [2.05, 4.69) is 13.5 Å². The molecule has 12 nitrogen and oxygen atoms in total. The van der Waals surface area contributed by atoms with Gasteiger partial charge in [0.2, 0.25) is 5.79 Å². The molecule has 0 amide bonds. The number of rotatable bonds is 9. The Labute approximate surface area is 310 Å². The van der Waals surface area contributed by atoms with Crippen LogP contribution < -0.4 is 0 Å². The summed E-state index contributed by atoms with van der Waals surface area (Å²) in [7, 11) is 3.07. The van der Waals surface area contributed by atoms with E-state index in [4.69, 9.17) is 28.4 Å². The molecule has 2 unspecified atom stereocenters.